The molecule has 0 saturated carbocycles. The summed E-state index contributed by atoms with van der Waals surface area (Å²) in [6.07, 6.45) is 12.4. The molecule has 78 valence electrons. The summed E-state index contributed by atoms with van der Waals surface area (Å²) in [7, 11) is 0. The van der Waals surface area contributed by atoms with Crippen molar-refractivity contribution in [3.05, 3.63) is 29.1 Å². The highest BCUT2D eigenvalue weighted by Crippen LogP contribution is 2.22. The SMILES string of the molecule is C#Cc1c(SC)ccnc1/C=C(\C)CC. The van der Waals surface area contributed by atoms with Crippen molar-refractivity contribution >= 4 is 17.8 Å². The average molecular weight is 217 g/mol. The molecule has 1 rings (SSSR count). The first-order valence-corrected chi connectivity index (χ1v) is 6.12. The first-order valence-electron chi connectivity index (χ1n) is 4.89. The second-order valence-electron chi connectivity index (χ2n) is 3.26. The first kappa shape index (κ1) is 11.9. The molecule has 1 nitrogen and oxygen atoms in total. The van der Waals surface area contributed by atoms with Crippen LogP contribution >= 0.6 is 11.8 Å². The minimum absolute atomic E-state index is 0.901. The van der Waals surface area contributed by atoms with Gasteiger partial charge in [-0.25, -0.2) is 0 Å². The van der Waals surface area contributed by atoms with Crippen molar-refractivity contribution in [3.63, 3.8) is 0 Å². The third-order valence-corrected chi connectivity index (χ3v) is 3.03. The zero-order chi connectivity index (χ0) is 11.3. The molecule has 0 atom stereocenters. The van der Waals surface area contributed by atoms with Gasteiger partial charge in [0.15, 0.2) is 0 Å². The number of nitrogens with zero attached hydrogens (tertiary/aromatic N) is 1. The van der Waals surface area contributed by atoms with Crippen LogP contribution in [0.3, 0.4) is 0 Å². The summed E-state index contributed by atoms with van der Waals surface area (Å²) in [5.41, 5.74) is 3.10. The normalized spacial score (nSPS) is 11.2. The monoisotopic (exact) mass is 217 g/mol. The fourth-order valence-corrected chi connectivity index (χ4v) is 1.78. The molecule has 0 N–H and O–H groups in total. The van der Waals surface area contributed by atoms with Gasteiger partial charge in [-0.1, -0.05) is 18.4 Å². The predicted octanol–water partition coefficient (Wildman–Crippen LogP) is 3.60. The lowest BCUT2D eigenvalue weighted by molar-refractivity contribution is 1.10. The lowest BCUT2D eigenvalue weighted by atomic mass is 10.1. The maximum absolute atomic E-state index is 5.51. The van der Waals surface area contributed by atoms with Gasteiger partial charge in [0.05, 0.1) is 11.3 Å². The van der Waals surface area contributed by atoms with Crippen molar-refractivity contribution in [2.75, 3.05) is 6.26 Å². The van der Waals surface area contributed by atoms with Crippen LogP contribution in [0.2, 0.25) is 0 Å². The lowest BCUT2D eigenvalue weighted by Gasteiger charge is -2.04. The molecule has 0 aliphatic carbocycles. The molecule has 1 aromatic heterocycles. The number of terminal acetylenes is 1. The summed E-state index contributed by atoms with van der Waals surface area (Å²) < 4.78 is 0. The van der Waals surface area contributed by atoms with Crippen molar-refractivity contribution in [1.29, 1.82) is 0 Å². The van der Waals surface area contributed by atoms with Crippen molar-refractivity contribution in [2.24, 2.45) is 0 Å². The predicted molar refractivity (Wildman–Crippen MR) is 67.9 cm³/mol. The number of thioether (sulfide) groups is 1. The zero-order valence-electron chi connectivity index (χ0n) is 9.37. The van der Waals surface area contributed by atoms with Gasteiger partial charge in [0.2, 0.25) is 0 Å². The van der Waals surface area contributed by atoms with E-state index < -0.39 is 0 Å². The van der Waals surface area contributed by atoms with Gasteiger partial charge in [-0.15, -0.1) is 18.2 Å². The fourth-order valence-electron chi connectivity index (χ4n) is 1.22. The molecule has 1 aromatic rings. The van der Waals surface area contributed by atoms with Gasteiger partial charge in [-0.3, -0.25) is 4.98 Å². The van der Waals surface area contributed by atoms with Crippen molar-refractivity contribution in [2.45, 2.75) is 25.2 Å². The van der Waals surface area contributed by atoms with E-state index in [2.05, 4.69) is 30.8 Å². The molecule has 15 heavy (non-hydrogen) atoms. The Morgan fingerprint density at radius 3 is 2.93 bits per heavy atom. The molecule has 0 unspecified atom stereocenters. The Morgan fingerprint density at radius 2 is 2.40 bits per heavy atom. The molecule has 0 saturated heterocycles. The number of hydrogen-bond donors (Lipinski definition) is 0. The highest BCUT2D eigenvalue weighted by molar-refractivity contribution is 7.98. The highest BCUT2D eigenvalue weighted by Gasteiger charge is 2.04. The van der Waals surface area contributed by atoms with E-state index >= 15 is 0 Å². The van der Waals surface area contributed by atoms with E-state index in [0.29, 0.717) is 0 Å². The van der Waals surface area contributed by atoms with E-state index in [-0.39, 0.29) is 0 Å². The molecule has 0 spiro atoms. The standard InChI is InChI=1S/C13H15NS/c1-5-10(3)9-12-11(6-2)13(15-4)7-8-14-12/h2,7-9H,5H2,1,3-4H3/b10-9+. The molecule has 0 fully saturated rings. The van der Waals surface area contributed by atoms with Crippen molar-refractivity contribution in [1.82, 2.24) is 4.98 Å². The number of allylic oxidation sites excluding steroid dienone is 1. The van der Waals surface area contributed by atoms with Crippen LogP contribution in [0.5, 0.6) is 0 Å². The number of rotatable bonds is 3. The Kier molecular flexibility index (Phi) is 4.45. The smallest absolute Gasteiger partial charge is 0.0796 e. The van der Waals surface area contributed by atoms with E-state index in [0.717, 1.165) is 22.6 Å². The van der Waals surface area contributed by atoms with Crippen molar-refractivity contribution in [3.8, 4) is 12.3 Å². The molecule has 0 amide bonds. The summed E-state index contributed by atoms with van der Waals surface area (Å²) in [4.78, 5) is 5.43. The van der Waals surface area contributed by atoms with E-state index in [4.69, 9.17) is 6.42 Å². The second kappa shape index (κ2) is 5.63. The van der Waals surface area contributed by atoms with Crippen LogP contribution in [-0.4, -0.2) is 11.2 Å². The number of hydrogen-bond acceptors (Lipinski definition) is 2. The van der Waals surface area contributed by atoms with E-state index in [1.54, 1.807) is 18.0 Å². The van der Waals surface area contributed by atoms with E-state index in [9.17, 15) is 0 Å². The average Bonchev–Trinajstić information content (AvgIpc) is 2.28. The molecule has 0 aliphatic heterocycles. The summed E-state index contributed by atoms with van der Waals surface area (Å²) in [6, 6.07) is 1.96. The van der Waals surface area contributed by atoms with Gasteiger partial charge >= 0.3 is 0 Å². The number of pyridine rings is 1. The summed E-state index contributed by atoms with van der Waals surface area (Å²) in [5, 5.41) is 0. The largest absolute Gasteiger partial charge is 0.255 e. The van der Waals surface area contributed by atoms with Gasteiger partial charge in [0.25, 0.3) is 0 Å². The third kappa shape index (κ3) is 2.87. The minimum atomic E-state index is 0.901. The van der Waals surface area contributed by atoms with E-state index in [1.807, 2.05) is 12.3 Å². The molecule has 0 aliphatic rings. The summed E-state index contributed by atoms with van der Waals surface area (Å²) in [5.74, 6) is 2.72. The summed E-state index contributed by atoms with van der Waals surface area (Å²) in [6.45, 7) is 4.22. The molecule has 0 aromatic carbocycles. The first-order chi connectivity index (χ1) is 7.22. The maximum atomic E-state index is 5.51. The Morgan fingerprint density at radius 1 is 1.67 bits per heavy atom. The quantitative estimate of drug-likeness (QED) is 0.567. The van der Waals surface area contributed by atoms with Crippen molar-refractivity contribution < 1.29 is 0 Å². The summed E-state index contributed by atoms with van der Waals surface area (Å²) >= 11 is 1.66. The second-order valence-corrected chi connectivity index (χ2v) is 4.11. The van der Waals surface area contributed by atoms with Gasteiger partial charge in [0, 0.05) is 11.1 Å². The highest BCUT2D eigenvalue weighted by atomic mass is 32.2. The van der Waals surface area contributed by atoms with Gasteiger partial charge in [0.1, 0.15) is 0 Å². The molecule has 0 radical (unpaired) electrons. The van der Waals surface area contributed by atoms with Crippen LogP contribution in [0.25, 0.3) is 6.08 Å². The molecule has 2 heteroatoms. The number of aromatic nitrogens is 1. The molecule has 0 bridgehead atoms. The molecule has 1 heterocycles. The maximum Gasteiger partial charge on any atom is 0.0796 e. The Balaban J connectivity index is 3.25. The third-order valence-electron chi connectivity index (χ3n) is 2.25. The van der Waals surface area contributed by atoms with Crippen LogP contribution in [0, 0.1) is 12.3 Å². The Hall–Kier alpha value is -1.20. The van der Waals surface area contributed by atoms with Gasteiger partial charge in [-0.05, 0) is 31.7 Å². The van der Waals surface area contributed by atoms with Crippen LogP contribution < -0.4 is 0 Å². The zero-order valence-corrected chi connectivity index (χ0v) is 10.2. The molecular formula is C13H15NS. The van der Waals surface area contributed by atoms with Crippen LogP contribution in [0.1, 0.15) is 31.5 Å². The van der Waals surface area contributed by atoms with Crippen LogP contribution in [0.4, 0.5) is 0 Å². The topological polar surface area (TPSA) is 12.9 Å². The van der Waals surface area contributed by atoms with Gasteiger partial charge < -0.3 is 0 Å². The van der Waals surface area contributed by atoms with E-state index in [1.165, 1.54) is 5.57 Å². The lowest BCUT2D eigenvalue weighted by Crippen LogP contribution is -1.91. The Labute approximate surface area is 96.0 Å². The van der Waals surface area contributed by atoms with Crippen LogP contribution in [0.15, 0.2) is 22.7 Å². The minimum Gasteiger partial charge on any atom is -0.255 e. The van der Waals surface area contributed by atoms with Crippen LogP contribution in [-0.2, 0) is 0 Å². The fraction of sp³-hybridized carbons (Fsp3) is 0.308. The van der Waals surface area contributed by atoms with Gasteiger partial charge in [-0.2, -0.15) is 0 Å². The molecular weight excluding hydrogens is 202 g/mol. The Bertz CT molecular complexity index is 413.